The highest BCUT2D eigenvalue weighted by atomic mass is 35.5. The molecule has 1 aromatic carbocycles. The molecule has 1 fully saturated rings. The van der Waals surface area contributed by atoms with Gasteiger partial charge in [0.1, 0.15) is 17.0 Å². The minimum Gasteiger partial charge on any atom is -0.384 e. The molecular formula is C19H27ClFN5O2S2. The molecule has 3 N–H and O–H groups in total. The predicted octanol–water partition coefficient (Wildman–Crippen LogP) is 4.64. The fourth-order valence-electron chi connectivity index (χ4n) is 3.53. The van der Waals surface area contributed by atoms with E-state index in [4.69, 9.17) is 11.6 Å². The van der Waals surface area contributed by atoms with Crippen molar-refractivity contribution >= 4 is 44.0 Å². The Bertz CT molecular complexity index is 906. The first-order chi connectivity index (χ1) is 14.5. The Hall–Kier alpha value is -1.49. The summed E-state index contributed by atoms with van der Waals surface area (Å²) in [6, 6.07) is 2.94. The quantitative estimate of drug-likeness (QED) is 0.387. The van der Waals surface area contributed by atoms with Crippen molar-refractivity contribution in [1.82, 2.24) is 14.7 Å². The topological polar surface area (TPSA) is 96.0 Å². The zero-order chi connectivity index (χ0) is 21.4. The van der Waals surface area contributed by atoms with Crippen molar-refractivity contribution in [3.05, 3.63) is 29.3 Å². The second-order valence-corrected chi connectivity index (χ2v) is 10.2. The van der Waals surface area contributed by atoms with E-state index in [0.717, 1.165) is 43.1 Å². The van der Waals surface area contributed by atoms with Gasteiger partial charge in [0.25, 0.3) is 10.0 Å². The van der Waals surface area contributed by atoms with E-state index in [0.29, 0.717) is 18.3 Å². The summed E-state index contributed by atoms with van der Waals surface area (Å²) < 4.78 is 45.1. The number of rotatable bonds is 12. The Labute approximate surface area is 186 Å². The molecule has 1 saturated heterocycles. The Kier molecular flexibility index (Phi) is 8.67. The summed E-state index contributed by atoms with van der Waals surface area (Å²) in [5, 5.41) is 6.83. The summed E-state index contributed by atoms with van der Waals surface area (Å²) in [6.07, 6.45) is 10.8. The normalized spacial score (nSPS) is 16.7. The highest BCUT2D eigenvalue weighted by Crippen LogP contribution is 2.29. The van der Waals surface area contributed by atoms with E-state index >= 15 is 0 Å². The van der Waals surface area contributed by atoms with Crippen LogP contribution in [0.5, 0.6) is 0 Å². The number of anilines is 2. The molecule has 0 bridgehead atoms. The minimum absolute atomic E-state index is 0.0622. The van der Waals surface area contributed by atoms with Crippen molar-refractivity contribution in [2.24, 2.45) is 0 Å². The van der Waals surface area contributed by atoms with Gasteiger partial charge in [-0.25, -0.2) is 17.8 Å². The maximum atomic E-state index is 14.4. The van der Waals surface area contributed by atoms with Gasteiger partial charge in [-0.3, -0.25) is 4.72 Å². The lowest BCUT2D eigenvalue weighted by Crippen LogP contribution is -2.20. The summed E-state index contributed by atoms with van der Waals surface area (Å²) in [5.74, 6) is -0.876. The van der Waals surface area contributed by atoms with Crippen molar-refractivity contribution < 1.29 is 12.8 Å². The van der Waals surface area contributed by atoms with Crippen LogP contribution in [0.25, 0.3) is 0 Å². The van der Waals surface area contributed by atoms with Gasteiger partial charge in [0.2, 0.25) is 5.13 Å². The molecule has 0 radical (unpaired) electrons. The molecule has 1 atom stereocenters. The van der Waals surface area contributed by atoms with Crippen LogP contribution in [-0.2, 0) is 10.0 Å². The molecular weight excluding hydrogens is 449 g/mol. The van der Waals surface area contributed by atoms with Crippen LogP contribution in [0, 0.1) is 5.82 Å². The smallest absolute Gasteiger partial charge is 0.266 e. The number of hydrogen-bond donors (Lipinski definition) is 3. The van der Waals surface area contributed by atoms with Crippen LogP contribution in [0.1, 0.15) is 51.4 Å². The van der Waals surface area contributed by atoms with Crippen LogP contribution in [0.15, 0.2) is 23.4 Å². The first kappa shape index (κ1) is 23.2. The van der Waals surface area contributed by atoms with E-state index < -0.39 is 20.7 Å². The SMILES string of the molecule is O=S(=O)(Nc1ncns1)c1cc(Cl)c(NCCCCCCC[C@H]2CCCN2)cc1F. The van der Waals surface area contributed by atoms with Gasteiger partial charge in [0.05, 0.1) is 10.7 Å². The Morgan fingerprint density at radius 2 is 2.03 bits per heavy atom. The number of halogens is 2. The molecule has 166 valence electrons. The van der Waals surface area contributed by atoms with Gasteiger partial charge in [0, 0.05) is 24.1 Å². The fourth-order valence-corrected chi connectivity index (χ4v) is 5.57. The number of sulfonamides is 1. The Balaban J connectivity index is 1.41. The van der Waals surface area contributed by atoms with Gasteiger partial charge in [-0.1, -0.05) is 37.3 Å². The lowest BCUT2D eigenvalue weighted by molar-refractivity contribution is 0.507. The molecule has 30 heavy (non-hydrogen) atoms. The molecule has 2 heterocycles. The van der Waals surface area contributed by atoms with Gasteiger partial charge >= 0.3 is 0 Å². The number of aromatic nitrogens is 2. The third-order valence-electron chi connectivity index (χ3n) is 5.10. The van der Waals surface area contributed by atoms with E-state index in [-0.39, 0.29) is 10.2 Å². The van der Waals surface area contributed by atoms with Crippen LogP contribution >= 0.6 is 23.1 Å². The summed E-state index contributed by atoms with van der Waals surface area (Å²) in [6.45, 7) is 1.81. The Morgan fingerprint density at radius 1 is 1.23 bits per heavy atom. The maximum absolute atomic E-state index is 14.4. The van der Waals surface area contributed by atoms with Crippen LogP contribution in [0.2, 0.25) is 5.02 Å². The van der Waals surface area contributed by atoms with Gasteiger partial charge in [0.15, 0.2) is 0 Å². The first-order valence-electron chi connectivity index (χ1n) is 10.2. The second-order valence-electron chi connectivity index (χ2n) is 7.39. The zero-order valence-electron chi connectivity index (χ0n) is 16.7. The van der Waals surface area contributed by atoms with E-state index in [9.17, 15) is 12.8 Å². The standard InChI is InChI=1S/C19H27ClFN5O2S2/c20-15-11-18(30(27,28)26-19-24-13-25-29-19)16(21)12-17(15)23-9-5-3-1-2-4-7-14-8-6-10-22-14/h11-14,22-23H,1-10H2,(H,24,25,26)/t14-/m0/s1. The van der Waals surface area contributed by atoms with E-state index in [1.54, 1.807) is 0 Å². The van der Waals surface area contributed by atoms with Crippen LogP contribution < -0.4 is 15.4 Å². The lowest BCUT2D eigenvalue weighted by Gasteiger charge is -2.12. The van der Waals surface area contributed by atoms with Crippen molar-refractivity contribution in [3.8, 4) is 0 Å². The highest BCUT2D eigenvalue weighted by molar-refractivity contribution is 7.93. The highest BCUT2D eigenvalue weighted by Gasteiger charge is 2.22. The van der Waals surface area contributed by atoms with Crippen LogP contribution in [0.3, 0.4) is 0 Å². The zero-order valence-corrected chi connectivity index (χ0v) is 19.1. The first-order valence-corrected chi connectivity index (χ1v) is 12.8. The van der Waals surface area contributed by atoms with Crippen molar-refractivity contribution in [1.29, 1.82) is 0 Å². The molecule has 0 aliphatic carbocycles. The second kappa shape index (κ2) is 11.2. The van der Waals surface area contributed by atoms with Crippen molar-refractivity contribution in [2.45, 2.75) is 62.3 Å². The van der Waals surface area contributed by atoms with Crippen LogP contribution in [0.4, 0.5) is 15.2 Å². The van der Waals surface area contributed by atoms with Crippen molar-refractivity contribution in [3.63, 3.8) is 0 Å². The maximum Gasteiger partial charge on any atom is 0.266 e. The summed E-state index contributed by atoms with van der Waals surface area (Å²) in [5.41, 5.74) is 0.385. The number of hydrogen-bond acceptors (Lipinski definition) is 7. The summed E-state index contributed by atoms with van der Waals surface area (Å²) in [4.78, 5) is 3.22. The van der Waals surface area contributed by atoms with E-state index in [2.05, 4.69) is 24.7 Å². The van der Waals surface area contributed by atoms with Gasteiger partial charge in [-0.15, -0.1) is 0 Å². The third kappa shape index (κ3) is 6.76. The number of benzene rings is 1. The largest absolute Gasteiger partial charge is 0.384 e. The third-order valence-corrected chi connectivity index (χ3v) is 7.48. The number of unbranched alkanes of at least 4 members (excludes halogenated alkanes) is 4. The molecule has 0 saturated carbocycles. The van der Waals surface area contributed by atoms with Gasteiger partial charge in [-0.2, -0.15) is 4.37 Å². The lowest BCUT2D eigenvalue weighted by atomic mass is 10.1. The molecule has 3 rings (SSSR count). The van der Waals surface area contributed by atoms with E-state index in [1.807, 2.05) is 0 Å². The summed E-state index contributed by atoms with van der Waals surface area (Å²) in [7, 11) is -4.13. The summed E-state index contributed by atoms with van der Waals surface area (Å²) >= 11 is 7.04. The molecule has 1 aliphatic heterocycles. The monoisotopic (exact) mass is 475 g/mol. The average molecular weight is 476 g/mol. The minimum atomic E-state index is -4.13. The van der Waals surface area contributed by atoms with Gasteiger partial charge in [-0.05, 0) is 44.4 Å². The number of nitrogens with one attached hydrogen (secondary N) is 3. The fraction of sp³-hybridized carbons (Fsp3) is 0.579. The molecule has 0 spiro atoms. The molecule has 11 heteroatoms. The van der Waals surface area contributed by atoms with Crippen LogP contribution in [-0.4, -0.2) is 36.9 Å². The molecule has 7 nitrogen and oxygen atoms in total. The molecule has 1 aliphatic rings. The average Bonchev–Trinajstić information content (AvgIpc) is 3.40. The molecule has 0 amide bonds. The molecule has 1 aromatic heterocycles. The van der Waals surface area contributed by atoms with Gasteiger partial charge < -0.3 is 10.6 Å². The number of nitrogens with zero attached hydrogens (tertiary/aromatic N) is 2. The Morgan fingerprint density at radius 3 is 2.77 bits per heavy atom. The predicted molar refractivity (Wildman–Crippen MR) is 119 cm³/mol. The van der Waals surface area contributed by atoms with E-state index in [1.165, 1.54) is 44.9 Å². The molecule has 0 unspecified atom stereocenters. The van der Waals surface area contributed by atoms with Crippen molar-refractivity contribution in [2.75, 3.05) is 23.1 Å². The molecule has 2 aromatic rings.